The van der Waals surface area contributed by atoms with E-state index in [-0.39, 0.29) is 11.7 Å². The van der Waals surface area contributed by atoms with E-state index in [0.717, 1.165) is 11.3 Å². The quantitative estimate of drug-likeness (QED) is 0.800. The Morgan fingerprint density at radius 1 is 1.24 bits per heavy atom. The molecule has 1 amide bonds. The highest BCUT2D eigenvalue weighted by Gasteiger charge is 2.15. The fourth-order valence-electron chi connectivity index (χ4n) is 2.12. The maximum absolute atomic E-state index is 12.3. The largest absolute Gasteiger partial charge is 0.319 e. The topological polar surface area (TPSA) is 72.2 Å². The number of nitrogens with one attached hydrogen (secondary N) is 1. The second kappa shape index (κ2) is 5.32. The highest BCUT2D eigenvalue weighted by molar-refractivity contribution is 6.02. The van der Waals surface area contributed by atoms with E-state index >= 15 is 0 Å². The van der Waals surface area contributed by atoms with Crippen molar-refractivity contribution < 1.29 is 4.79 Å². The number of aromatic nitrogens is 4. The molecule has 0 bridgehead atoms. The molecule has 0 aliphatic rings. The number of hydrogen-bond acceptors (Lipinski definition) is 4. The van der Waals surface area contributed by atoms with Gasteiger partial charge in [0.15, 0.2) is 0 Å². The summed E-state index contributed by atoms with van der Waals surface area (Å²) >= 11 is 0. The van der Waals surface area contributed by atoms with Crippen LogP contribution in [0.1, 0.15) is 35.9 Å². The Labute approximate surface area is 121 Å². The number of rotatable bonds is 3. The minimum absolute atomic E-state index is 0.104. The standard InChI is InChI=1S/C15H15N5O/c1-10(2)11-6-3-4-7-12(11)17-14(21)13-18-15-16-8-5-9-20(15)19-13/h3-10H,1-2H3,(H,17,21). The van der Waals surface area contributed by atoms with E-state index < -0.39 is 0 Å². The van der Waals surface area contributed by atoms with Crippen LogP contribution in [0.15, 0.2) is 42.7 Å². The van der Waals surface area contributed by atoms with Gasteiger partial charge in [0.1, 0.15) is 0 Å². The smallest absolute Gasteiger partial charge is 0.295 e. The molecular weight excluding hydrogens is 266 g/mol. The van der Waals surface area contributed by atoms with E-state index in [4.69, 9.17) is 0 Å². The van der Waals surface area contributed by atoms with Gasteiger partial charge >= 0.3 is 0 Å². The average molecular weight is 281 g/mol. The van der Waals surface area contributed by atoms with Gasteiger partial charge in [0, 0.05) is 18.1 Å². The summed E-state index contributed by atoms with van der Waals surface area (Å²) in [6.45, 7) is 4.16. The molecule has 0 aliphatic carbocycles. The molecule has 1 N–H and O–H groups in total. The second-order valence-corrected chi connectivity index (χ2v) is 5.00. The molecule has 0 fully saturated rings. The van der Waals surface area contributed by atoms with Gasteiger partial charge in [0.05, 0.1) is 0 Å². The molecule has 2 aromatic heterocycles. The van der Waals surface area contributed by atoms with Crippen molar-refractivity contribution in [3.8, 4) is 0 Å². The molecule has 0 radical (unpaired) electrons. The number of hydrogen-bond donors (Lipinski definition) is 1. The average Bonchev–Trinajstić information content (AvgIpc) is 2.91. The number of carbonyl (C=O) groups is 1. The van der Waals surface area contributed by atoms with Crippen LogP contribution in [-0.4, -0.2) is 25.5 Å². The number of fused-ring (bicyclic) bond motifs is 1. The van der Waals surface area contributed by atoms with Crippen molar-refractivity contribution in [3.05, 3.63) is 54.1 Å². The summed E-state index contributed by atoms with van der Waals surface area (Å²) in [5.41, 5.74) is 1.86. The van der Waals surface area contributed by atoms with Crippen molar-refractivity contribution in [2.75, 3.05) is 5.32 Å². The lowest BCUT2D eigenvalue weighted by atomic mass is 10.0. The van der Waals surface area contributed by atoms with Gasteiger partial charge in [-0.05, 0) is 23.6 Å². The molecule has 2 heterocycles. The lowest BCUT2D eigenvalue weighted by molar-refractivity contribution is 0.101. The van der Waals surface area contributed by atoms with Crippen LogP contribution in [0.3, 0.4) is 0 Å². The lowest BCUT2D eigenvalue weighted by Crippen LogP contribution is -2.15. The number of benzene rings is 1. The van der Waals surface area contributed by atoms with Crippen LogP contribution in [-0.2, 0) is 0 Å². The van der Waals surface area contributed by atoms with Crippen molar-refractivity contribution in [3.63, 3.8) is 0 Å². The normalized spacial score (nSPS) is 11.0. The molecule has 3 aromatic rings. The zero-order chi connectivity index (χ0) is 14.8. The molecule has 0 aliphatic heterocycles. The van der Waals surface area contributed by atoms with Crippen LogP contribution >= 0.6 is 0 Å². The molecule has 3 rings (SSSR count). The van der Waals surface area contributed by atoms with Gasteiger partial charge in [0.25, 0.3) is 11.7 Å². The predicted octanol–water partition coefficient (Wildman–Crippen LogP) is 2.50. The zero-order valence-electron chi connectivity index (χ0n) is 11.8. The first kappa shape index (κ1) is 13.2. The third kappa shape index (κ3) is 2.60. The number of carbonyl (C=O) groups excluding carboxylic acids is 1. The first-order chi connectivity index (χ1) is 10.1. The van der Waals surface area contributed by atoms with Gasteiger partial charge < -0.3 is 5.32 Å². The second-order valence-electron chi connectivity index (χ2n) is 5.00. The van der Waals surface area contributed by atoms with E-state index in [1.165, 1.54) is 4.52 Å². The van der Waals surface area contributed by atoms with Crippen molar-refractivity contribution in [1.82, 2.24) is 19.6 Å². The Balaban J connectivity index is 1.89. The molecule has 21 heavy (non-hydrogen) atoms. The predicted molar refractivity (Wildman–Crippen MR) is 79.3 cm³/mol. The number of anilines is 1. The first-order valence-electron chi connectivity index (χ1n) is 6.73. The van der Waals surface area contributed by atoms with Crippen LogP contribution < -0.4 is 5.32 Å². The van der Waals surface area contributed by atoms with E-state index in [2.05, 4.69) is 34.2 Å². The third-order valence-corrected chi connectivity index (χ3v) is 3.15. The first-order valence-corrected chi connectivity index (χ1v) is 6.73. The molecule has 0 saturated carbocycles. The summed E-state index contributed by atoms with van der Waals surface area (Å²) in [5, 5.41) is 6.98. The summed E-state index contributed by atoms with van der Waals surface area (Å²) in [6.07, 6.45) is 3.31. The molecular formula is C15H15N5O. The van der Waals surface area contributed by atoms with Gasteiger partial charge in [-0.25, -0.2) is 9.50 Å². The summed E-state index contributed by atoms with van der Waals surface area (Å²) in [6, 6.07) is 9.45. The highest BCUT2D eigenvalue weighted by Crippen LogP contribution is 2.23. The minimum Gasteiger partial charge on any atom is -0.319 e. The molecule has 1 aromatic carbocycles. The number of para-hydroxylation sites is 1. The van der Waals surface area contributed by atoms with Crippen LogP contribution in [0.2, 0.25) is 0 Å². The molecule has 106 valence electrons. The van der Waals surface area contributed by atoms with Gasteiger partial charge in [-0.15, -0.1) is 5.10 Å². The Morgan fingerprint density at radius 2 is 2.05 bits per heavy atom. The highest BCUT2D eigenvalue weighted by atomic mass is 16.2. The van der Waals surface area contributed by atoms with Crippen molar-refractivity contribution in [2.24, 2.45) is 0 Å². The maximum Gasteiger partial charge on any atom is 0.295 e. The maximum atomic E-state index is 12.3. The number of nitrogens with zero attached hydrogens (tertiary/aromatic N) is 4. The van der Waals surface area contributed by atoms with Gasteiger partial charge in [-0.1, -0.05) is 32.0 Å². The monoisotopic (exact) mass is 281 g/mol. The fraction of sp³-hybridized carbons (Fsp3) is 0.200. The van der Waals surface area contributed by atoms with E-state index in [1.807, 2.05) is 24.3 Å². The van der Waals surface area contributed by atoms with E-state index in [0.29, 0.717) is 11.7 Å². The molecule has 0 saturated heterocycles. The third-order valence-electron chi connectivity index (χ3n) is 3.15. The van der Waals surface area contributed by atoms with Gasteiger partial charge in [-0.3, -0.25) is 4.79 Å². The Bertz CT molecular complexity index is 760. The number of amides is 1. The van der Waals surface area contributed by atoms with Crippen LogP contribution in [0, 0.1) is 0 Å². The molecule has 6 nitrogen and oxygen atoms in total. The summed E-state index contributed by atoms with van der Waals surface area (Å²) in [7, 11) is 0. The van der Waals surface area contributed by atoms with E-state index in [9.17, 15) is 4.79 Å². The molecule has 0 unspecified atom stereocenters. The molecule has 0 atom stereocenters. The SMILES string of the molecule is CC(C)c1ccccc1NC(=O)c1nc2ncccn2n1. The van der Waals surface area contributed by atoms with Crippen LogP contribution in [0.5, 0.6) is 0 Å². The van der Waals surface area contributed by atoms with Crippen LogP contribution in [0.4, 0.5) is 5.69 Å². The van der Waals surface area contributed by atoms with Gasteiger partial charge in [-0.2, -0.15) is 4.98 Å². The fourth-order valence-corrected chi connectivity index (χ4v) is 2.12. The summed E-state index contributed by atoms with van der Waals surface area (Å²) in [5.74, 6) is 0.484. The van der Waals surface area contributed by atoms with E-state index in [1.54, 1.807) is 18.5 Å². The van der Waals surface area contributed by atoms with Gasteiger partial charge in [0.2, 0.25) is 5.82 Å². The van der Waals surface area contributed by atoms with Crippen molar-refractivity contribution >= 4 is 17.4 Å². The zero-order valence-corrected chi connectivity index (χ0v) is 11.8. The van der Waals surface area contributed by atoms with Crippen molar-refractivity contribution in [2.45, 2.75) is 19.8 Å². The molecule has 0 spiro atoms. The Kier molecular flexibility index (Phi) is 3.35. The lowest BCUT2D eigenvalue weighted by Gasteiger charge is -2.12. The minimum atomic E-state index is -0.339. The summed E-state index contributed by atoms with van der Waals surface area (Å²) in [4.78, 5) is 20.4. The Morgan fingerprint density at radius 3 is 2.81 bits per heavy atom. The molecule has 6 heteroatoms. The van der Waals surface area contributed by atoms with Crippen molar-refractivity contribution in [1.29, 1.82) is 0 Å². The Hall–Kier alpha value is -2.76. The van der Waals surface area contributed by atoms with Crippen LogP contribution in [0.25, 0.3) is 5.78 Å². The summed E-state index contributed by atoms with van der Waals surface area (Å²) < 4.78 is 1.48.